The van der Waals surface area contributed by atoms with Gasteiger partial charge in [0.2, 0.25) is 0 Å². The van der Waals surface area contributed by atoms with Crippen molar-refractivity contribution in [2.45, 2.75) is 4.90 Å². The van der Waals surface area contributed by atoms with Crippen molar-refractivity contribution in [1.29, 1.82) is 0 Å². The third kappa shape index (κ3) is 1.72. The summed E-state index contributed by atoms with van der Waals surface area (Å²) < 4.78 is 4.54. The summed E-state index contributed by atoms with van der Waals surface area (Å²) in [4.78, 5) is 10.9. The maximum absolute atomic E-state index is 9.95. The Kier molecular flexibility index (Phi) is 2.70. The molecule has 0 saturated heterocycles. The molecule has 2 rings (SSSR count). The second-order valence-electron chi connectivity index (χ2n) is 2.73. The molecule has 2 nitrogen and oxygen atoms in total. The highest BCUT2D eigenvalue weighted by Crippen LogP contribution is 2.27. The molecule has 0 saturated carbocycles. The van der Waals surface area contributed by atoms with E-state index in [0.717, 1.165) is 27.7 Å². The Bertz CT molecular complexity index is 448. The Hall–Kier alpha value is -1.48. The van der Waals surface area contributed by atoms with Crippen LogP contribution in [0.5, 0.6) is 0 Å². The zero-order valence-corrected chi connectivity index (χ0v) is 8.08. The predicted molar refractivity (Wildman–Crippen MR) is 56.6 cm³/mol. The van der Waals surface area contributed by atoms with E-state index in [2.05, 4.69) is 4.18 Å². The Balaban J connectivity index is 2.48. The maximum atomic E-state index is 9.95. The van der Waals surface area contributed by atoms with E-state index in [0.29, 0.717) is 0 Å². The molecule has 0 bridgehead atoms. The number of hydrogen-bond acceptors (Lipinski definition) is 3. The molecule has 2 aromatic rings. The highest BCUT2D eigenvalue weighted by atomic mass is 32.2. The van der Waals surface area contributed by atoms with Crippen LogP contribution in [-0.4, -0.2) is 6.47 Å². The summed E-state index contributed by atoms with van der Waals surface area (Å²) in [6, 6.07) is 13.8. The molecule has 69 valence electrons. The molecule has 2 aromatic carbocycles. The van der Waals surface area contributed by atoms with Crippen LogP contribution >= 0.6 is 12.0 Å². The minimum absolute atomic E-state index is 0.923. The van der Waals surface area contributed by atoms with Crippen molar-refractivity contribution in [2.24, 2.45) is 0 Å². The van der Waals surface area contributed by atoms with E-state index in [1.807, 2.05) is 42.5 Å². The first-order valence-electron chi connectivity index (χ1n) is 4.10. The molecular formula is C11H7O2S. The summed E-state index contributed by atoms with van der Waals surface area (Å²) in [5, 5.41) is 2.21. The summed E-state index contributed by atoms with van der Waals surface area (Å²) in [5.74, 6) is 0. The normalized spacial score (nSPS) is 10.0. The molecule has 3 heteroatoms. The fourth-order valence-electron chi connectivity index (χ4n) is 1.33. The van der Waals surface area contributed by atoms with Crippen LogP contribution < -0.4 is 0 Å². The molecule has 0 heterocycles. The molecule has 0 aliphatic rings. The molecule has 0 fully saturated rings. The fourth-order valence-corrected chi connectivity index (χ4v) is 1.86. The topological polar surface area (TPSA) is 26.3 Å². The van der Waals surface area contributed by atoms with Gasteiger partial charge in [0.05, 0.1) is 16.9 Å². The molecule has 14 heavy (non-hydrogen) atoms. The largest absolute Gasteiger partial charge is 0.430 e. The van der Waals surface area contributed by atoms with Gasteiger partial charge in [0.15, 0.2) is 0 Å². The van der Waals surface area contributed by atoms with Gasteiger partial charge in [-0.3, -0.25) is 0 Å². The van der Waals surface area contributed by atoms with Crippen LogP contribution in [0.1, 0.15) is 0 Å². The standard InChI is InChI=1S/C11H7O2S/c12-8-13-14-11-7-3-5-9-4-1-2-6-10(9)11/h1-7H. The average Bonchev–Trinajstić information content (AvgIpc) is 2.26. The summed E-state index contributed by atoms with van der Waals surface area (Å²) in [5.41, 5.74) is 0. The second-order valence-corrected chi connectivity index (χ2v) is 3.50. The molecule has 0 aromatic heterocycles. The lowest BCUT2D eigenvalue weighted by molar-refractivity contribution is 0.475. The van der Waals surface area contributed by atoms with E-state index in [1.165, 1.54) is 6.47 Å². The van der Waals surface area contributed by atoms with Crippen LogP contribution in [0, 0.1) is 0 Å². The van der Waals surface area contributed by atoms with Crippen molar-refractivity contribution < 1.29 is 8.98 Å². The first kappa shape index (κ1) is 9.09. The molecule has 0 amide bonds. The van der Waals surface area contributed by atoms with E-state index in [1.54, 1.807) is 0 Å². The van der Waals surface area contributed by atoms with Gasteiger partial charge in [-0.2, -0.15) is 0 Å². The van der Waals surface area contributed by atoms with E-state index in [4.69, 9.17) is 0 Å². The monoisotopic (exact) mass is 203 g/mol. The van der Waals surface area contributed by atoms with Crippen LogP contribution in [0.2, 0.25) is 0 Å². The van der Waals surface area contributed by atoms with Crippen molar-refractivity contribution in [3.63, 3.8) is 0 Å². The Labute approximate surface area is 86.1 Å². The zero-order chi connectivity index (χ0) is 9.80. The number of carbonyl (C=O) groups excluding carboxylic acids is 1. The third-order valence-electron chi connectivity index (χ3n) is 1.92. The highest BCUT2D eigenvalue weighted by Gasteiger charge is 2.01. The number of fused-ring (bicyclic) bond motifs is 1. The van der Waals surface area contributed by atoms with Crippen molar-refractivity contribution in [1.82, 2.24) is 0 Å². The van der Waals surface area contributed by atoms with Crippen LogP contribution in [0.25, 0.3) is 10.8 Å². The van der Waals surface area contributed by atoms with Gasteiger partial charge in [-0.15, -0.1) is 0 Å². The summed E-state index contributed by atoms with van der Waals surface area (Å²) >= 11 is 1.03. The molecule has 0 N–H and O–H groups in total. The molecule has 0 unspecified atom stereocenters. The quantitative estimate of drug-likeness (QED) is 0.717. The fraction of sp³-hybridized carbons (Fsp3) is 0. The van der Waals surface area contributed by atoms with Crippen LogP contribution in [0.15, 0.2) is 47.4 Å². The molecular weight excluding hydrogens is 196 g/mol. The van der Waals surface area contributed by atoms with Crippen molar-refractivity contribution in [2.75, 3.05) is 0 Å². The predicted octanol–water partition coefficient (Wildman–Crippen LogP) is 2.93. The van der Waals surface area contributed by atoms with Gasteiger partial charge >= 0.3 is 6.47 Å². The number of benzene rings is 2. The average molecular weight is 203 g/mol. The van der Waals surface area contributed by atoms with E-state index < -0.39 is 0 Å². The van der Waals surface area contributed by atoms with Crippen LogP contribution in [-0.2, 0) is 8.98 Å². The first-order valence-corrected chi connectivity index (χ1v) is 4.84. The van der Waals surface area contributed by atoms with E-state index >= 15 is 0 Å². The molecule has 0 atom stereocenters. The SMILES string of the molecule is O=[C]OSc1cccc2ccccc12. The highest BCUT2D eigenvalue weighted by molar-refractivity contribution is 7.95. The van der Waals surface area contributed by atoms with Crippen LogP contribution in [0.4, 0.5) is 0 Å². The Morgan fingerprint density at radius 2 is 1.86 bits per heavy atom. The van der Waals surface area contributed by atoms with Crippen LogP contribution in [0.3, 0.4) is 0 Å². The van der Waals surface area contributed by atoms with Gasteiger partial charge in [-0.1, -0.05) is 36.4 Å². The molecule has 0 spiro atoms. The smallest absolute Gasteiger partial charge is 0.377 e. The summed E-state index contributed by atoms with van der Waals surface area (Å²) in [6.07, 6.45) is 0. The van der Waals surface area contributed by atoms with Gasteiger partial charge in [0.25, 0.3) is 0 Å². The molecule has 0 aliphatic heterocycles. The zero-order valence-electron chi connectivity index (χ0n) is 7.27. The van der Waals surface area contributed by atoms with E-state index in [-0.39, 0.29) is 0 Å². The van der Waals surface area contributed by atoms with Gasteiger partial charge in [0, 0.05) is 0 Å². The Morgan fingerprint density at radius 1 is 1.07 bits per heavy atom. The van der Waals surface area contributed by atoms with Gasteiger partial charge in [-0.05, 0) is 16.8 Å². The van der Waals surface area contributed by atoms with Crippen molar-refractivity contribution in [3.05, 3.63) is 42.5 Å². The summed E-state index contributed by atoms with van der Waals surface area (Å²) in [6.45, 7) is 1.39. The van der Waals surface area contributed by atoms with Crippen molar-refractivity contribution in [3.8, 4) is 0 Å². The number of hydrogen-bond donors (Lipinski definition) is 0. The lowest BCUT2D eigenvalue weighted by atomic mass is 10.1. The minimum atomic E-state index is 0.923. The Morgan fingerprint density at radius 3 is 2.71 bits per heavy atom. The first-order chi connectivity index (χ1) is 6.92. The molecule has 0 aliphatic carbocycles. The second kappa shape index (κ2) is 4.15. The van der Waals surface area contributed by atoms with Gasteiger partial charge in [-0.25, -0.2) is 4.79 Å². The summed E-state index contributed by atoms with van der Waals surface area (Å²) in [7, 11) is 0. The van der Waals surface area contributed by atoms with Gasteiger partial charge in [0.1, 0.15) is 0 Å². The lowest BCUT2D eigenvalue weighted by Crippen LogP contribution is -1.79. The molecule has 1 radical (unpaired) electrons. The third-order valence-corrected chi connectivity index (χ3v) is 2.60. The minimum Gasteiger partial charge on any atom is -0.377 e. The number of rotatable bonds is 3. The maximum Gasteiger partial charge on any atom is 0.430 e. The van der Waals surface area contributed by atoms with Gasteiger partial charge < -0.3 is 4.18 Å². The van der Waals surface area contributed by atoms with E-state index in [9.17, 15) is 4.79 Å². The van der Waals surface area contributed by atoms with Crippen molar-refractivity contribution >= 4 is 29.3 Å². The lowest BCUT2D eigenvalue weighted by Gasteiger charge is -2.02.